The summed E-state index contributed by atoms with van der Waals surface area (Å²) in [7, 11) is 0. The van der Waals surface area contributed by atoms with Gasteiger partial charge in [-0.15, -0.1) is 11.3 Å². The normalized spacial score (nSPS) is 12.2. The molecule has 0 bridgehead atoms. The third kappa shape index (κ3) is 4.80. The van der Waals surface area contributed by atoms with E-state index in [1.165, 1.54) is 11.3 Å². The molecule has 1 rings (SSSR count). The number of aliphatic carboxylic acids is 1. The van der Waals surface area contributed by atoms with Crippen LogP contribution in [0.4, 0.5) is 9.93 Å². The Kier molecular flexibility index (Phi) is 5.94. The van der Waals surface area contributed by atoms with Gasteiger partial charge >= 0.3 is 12.0 Å². The summed E-state index contributed by atoms with van der Waals surface area (Å²) in [6, 6.07) is -1.42. The van der Waals surface area contributed by atoms with Crippen molar-refractivity contribution in [3.05, 3.63) is 10.6 Å². The number of hydrogen-bond donors (Lipinski definition) is 3. The van der Waals surface area contributed by atoms with Crippen LogP contribution in [0.2, 0.25) is 0 Å². The summed E-state index contributed by atoms with van der Waals surface area (Å²) in [6.45, 7) is 7.76. The highest BCUT2D eigenvalue weighted by molar-refractivity contribution is 7.15. The van der Waals surface area contributed by atoms with Gasteiger partial charge in [-0.1, -0.05) is 20.8 Å². The number of urea groups is 1. The molecule has 0 aromatic carbocycles. The summed E-state index contributed by atoms with van der Waals surface area (Å²) in [5.41, 5.74) is 0.947. The number of rotatable bonds is 6. The first-order valence-corrected chi connectivity index (χ1v) is 7.41. The number of nitrogens with one attached hydrogen (secondary N) is 2. The van der Waals surface area contributed by atoms with Crippen molar-refractivity contribution < 1.29 is 14.7 Å². The second kappa shape index (κ2) is 7.23. The topological polar surface area (TPSA) is 91.3 Å². The average molecular weight is 299 g/mol. The molecule has 1 atom stereocenters. The third-order valence-corrected chi connectivity index (χ3v) is 3.69. The van der Waals surface area contributed by atoms with E-state index in [0.29, 0.717) is 11.6 Å². The second-order valence-corrected chi connectivity index (χ2v) is 6.20. The largest absolute Gasteiger partial charge is 0.480 e. The molecule has 0 aliphatic carbocycles. The van der Waals surface area contributed by atoms with Crippen LogP contribution in [0, 0.1) is 12.8 Å². The zero-order valence-corrected chi connectivity index (χ0v) is 13.0. The fourth-order valence-electron chi connectivity index (χ4n) is 1.79. The molecule has 1 aromatic heterocycles. The summed E-state index contributed by atoms with van der Waals surface area (Å²) >= 11 is 1.39. The molecular weight excluding hydrogens is 278 g/mol. The minimum absolute atomic E-state index is 0.185. The van der Waals surface area contributed by atoms with E-state index in [9.17, 15) is 9.59 Å². The van der Waals surface area contributed by atoms with Crippen molar-refractivity contribution in [1.29, 1.82) is 0 Å². The van der Waals surface area contributed by atoms with Crippen LogP contribution in [0.3, 0.4) is 0 Å². The lowest BCUT2D eigenvalue weighted by Crippen LogP contribution is -2.43. The number of aromatic nitrogens is 1. The van der Waals surface area contributed by atoms with E-state index in [-0.39, 0.29) is 5.92 Å². The molecule has 6 nitrogen and oxygen atoms in total. The van der Waals surface area contributed by atoms with Crippen molar-refractivity contribution in [1.82, 2.24) is 10.3 Å². The van der Waals surface area contributed by atoms with Crippen LogP contribution in [0.5, 0.6) is 0 Å². The molecular formula is C13H21N3O3S. The molecule has 112 valence electrons. The van der Waals surface area contributed by atoms with E-state index >= 15 is 0 Å². The van der Waals surface area contributed by atoms with E-state index < -0.39 is 18.0 Å². The van der Waals surface area contributed by atoms with Crippen LogP contribution in [-0.2, 0) is 11.2 Å². The Bertz CT molecular complexity index is 485. The first-order valence-electron chi connectivity index (χ1n) is 6.60. The Balaban J connectivity index is 2.63. The molecule has 1 aromatic rings. The number of hydrogen-bond acceptors (Lipinski definition) is 4. The van der Waals surface area contributed by atoms with Gasteiger partial charge in [0.1, 0.15) is 6.04 Å². The summed E-state index contributed by atoms with van der Waals surface area (Å²) in [4.78, 5) is 28.2. The lowest BCUT2D eigenvalue weighted by Gasteiger charge is -2.16. The molecule has 0 spiro atoms. The molecule has 20 heavy (non-hydrogen) atoms. The van der Waals surface area contributed by atoms with Crippen molar-refractivity contribution in [2.45, 2.75) is 46.6 Å². The Morgan fingerprint density at radius 3 is 2.50 bits per heavy atom. The maximum Gasteiger partial charge on any atom is 0.326 e. The second-order valence-electron chi connectivity index (χ2n) is 4.99. The number of carboxylic acids is 1. The van der Waals surface area contributed by atoms with Gasteiger partial charge in [0.25, 0.3) is 0 Å². The van der Waals surface area contributed by atoms with Gasteiger partial charge in [-0.25, -0.2) is 14.6 Å². The van der Waals surface area contributed by atoms with Crippen LogP contribution in [0.25, 0.3) is 0 Å². The smallest absolute Gasteiger partial charge is 0.326 e. The van der Waals surface area contributed by atoms with Gasteiger partial charge in [-0.3, -0.25) is 5.32 Å². The van der Waals surface area contributed by atoms with Gasteiger partial charge < -0.3 is 10.4 Å². The maximum absolute atomic E-state index is 11.8. The monoisotopic (exact) mass is 299 g/mol. The molecule has 0 saturated carbocycles. The van der Waals surface area contributed by atoms with Crippen LogP contribution in [-0.4, -0.2) is 28.1 Å². The highest BCUT2D eigenvalue weighted by Crippen LogP contribution is 2.22. The minimum atomic E-state index is -1.03. The van der Waals surface area contributed by atoms with E-state index in [2.05, 4.69) is 15.6 Å². The van der Waals surface area contributed by atoms with E-state index in [0.717, 1.165) is 17.0 Å². The fraction of sp³-hybridized carbons (Fsp3) is 0.615. The Morgan fingerprint density at radius 2 is 2.05 bits per heavy atom. The molecule has 7 heteroatoms. The number of nitrogens with zero attached hydrogens (tertiary/aromatic N) is 1. The van der Waals surface area contributed by atoms with Gasteiger partial charge in [0, 0.05) is 4.88 Å². The van der Waals surface area contributed by atoms with Gasteiger partial charge in [0.15, 0.2) is 5.13 Å². The first-order chi connectivity index (χ1) is 9.33. The van der Waals surface area contributed by atoms with Gasteiger partial charge in [-0.2, -0.15) is 0 Å². The molecule has 0 aliphatic heterocycles. The van der Waals surface area contributed by atoms with Crippen molar-refractivity contribution in [2.24, 2.45) is 5.92 Å². The molecule has 0 aliphatic rings. The highest BCUT2D eigenvalue weighted by Gasteiger charge is 2.21. The predicted octanol–water partition coefficient (Wildman–Crippen LogP) is 2.63. The SMILES string of the molecule is CCc1nc(NC(=O)N[C@H](CC(C)C)C(=O)O)sc1C. The number of anilines is 1. The number of thiazole rings is 1. The van der Waals surface area contributed by atoms with E-state index in [4.69, 9.17) is 5.11 Å². The molecule has 0 unspecified atom stereocenters. The maximum atomic E-state index is 11.8. The van der Waals surface area contributed by atoms with Crippen molar-refractivity contribution in [3.8, 4) is 0 Å². The number of amides is 2. The Hall–Kier alpha value is -1.63. The summed E-state index contributed by atoms with van der Waals surface area (Å²) in [5, 5.41) is 14.6. The van der Waals surface area contributed by atoms with Crippen LogP contribution < -0.4 is 10.6 Å². The van der Waals surface area contributed by atoms with Crippen LogP contribution in [0.1, 0.15) is 37.8 Å². The standard InChI is InChI=1S/C13H21N3O3S/c1-5-9-8(4)20-13(15-9)16-12(19)14-10(11(17)18)6-7(2)3/h7,10H,5-6H2,1-4H3,(H,17,18)(H2,14,15,16,19)/t10-/m1/s1. The average Bonchev–Trinajstić information content (AvgIpc) is 2.67. The Labute approximate surface area is 122 Å². The number of carbonyl (C=O) groups excluding carboxylic acids is 1. The van der Waals surface area contributed by atoms with Crippen LogP contribution in [0.15, 0.2) is 0 Å². The fourth-order valence-corrected chi connectivity index (χ4v) is 2.69. The summed E-state index contributed by atoms with van der Waals surface area (Å²) < 4.78 is 0. The van der Waals surface area contributed by atoms with Crippen molar-refractivity contribution >= 4 is 28.5 Å². The molecule has 0 fully saturated rings. The van der Waals surface area contributed by atoms with Crippen LogP contribution >= 0.6 is 11.3 Å². The van der Waals surface area contributed by atoms with Gasteiger partial charge in [0.2, 0.25) is 0 Å². The molecule has 1 heterocycles. The summed E-state index contributed by atoms with van der Waals surface area (Å²) in [5.74, 6) is -0.844. The van der Waals surface area contributed by atoms with E-state index in [1.54, 1.807) is 0 Å². The molecule has 0 radical (unpaired) electrons. The van der Waals surface area contributed by atoms with Crippen molar-refractivity contribution in [3.63, 3.8) is 0 Å². The molecule has 0 saturated heterocycles. The highest BCUT2D eigenvalue weighted by atomic mass is 32.1. The lowest BCUT2D eigenvalue weighted by molar-refractivity contribution is -0.139. The zero-order valence-electron chi connectivity index (χ0n) is 12.2. The number of carbonyl (C=O) groups is 2. The molecule has 3 N–H and O–H groups in total. The van der Waals surface area contributed by atoms with Crippen molar-refractivity contribution in [2.75, 3.05) is 5.32 Å². The zero-order chi connectivity index (χ0) is 15.3. The third-order valence-electron chi connectivity index (χ3n) is 2.76. The van der Waals surface area contributed by atoms with Gasteiger partial charge in [0.05, 0.1) is 5.69 Å². The quantitative estimate of drug-likeness (QED) is 0.753. The van der Waals surface area contributed by atoms with E-state index in [1.807, 2.05) is 27.7 Å². The first kappa shape index (κ1) is 16.4. The summed E-state index contributed by atoms with van der Waals surface area (Å²) in [6.07, 6.45) is 1.19. The minimum Gasteiger partial charge on any atom is -0.480 e. The van der Waals surface area contributed by atoms with Gasteiger partial charge in [-0.05, 0) is 25.7 Å². The molecule has 2 amide bonds. The lowest BCUT2D eigenvalue weighted by atomic mass is 10.0. The number of carboxylic acid groups (broad SMARTS) is 1. The predicted molar refractivity (Wildman–Crippen MR) is 79.3 cm³/mol. The number of aryl methyl sites for hydroxylation is 2. The Morgan fingerprint density at radius 1 is 1.40 bits per heavy atom.